The number of rotatable bonds is 7. The highest BCUT2D eigenvalue weighted by Gasteiger charge is 2.22. The fourth-order valence-corrected chi connectivity index (χ4v) is 2.77. The van der Waals surface area contributed by atoms with Gasteiger partial charge in [-0.25, -0.2) is 0 Å². The van der Waals surface area contributed by atoms with Crippen LogP contribution in [0.4, 0.5) is 0 Å². The first-order chi connectivity index (χ1) is 9.90. The van der Waals surface area contributed by atoms with E-state index in [0.717, 1.165) is 15.1 Å². The molecule has 116 valence electrons. The summed E-state index contributed by atoms with van der Waals surface area (Å²) in [6.07, 6.45) is 0. The average molecular weight is 373 g/mol. The van der Waals surface area contributed by atoms with Crippen molar-refractivity contribution in [3.63, 3.8) is 0 Å². The van der Waals surface area contributed by atoms with Crippen molar-refractivity contribution >= 4 is 39.5 Å². The largest absolute Gasteiger partial charge is 0.353 e. The highest BCUT2D eigenvalue weighted by Crippen LogP contribution is 2.19. The van der Waals surface area contributed by atoms with Gasteiger partial charge in [-0.3, -0.25) is 9.59 Å². The fourth-order valence-electron chi connectivity index (χ4n) is 1.74. The zero-order chi connectivity index (χ0) is 15.8. The summed E-state index contributed by atoms with van der Waals surface area (Å²) < 4.78 is 1.05. The quantitative estimate of drug-likeness (QED) is 0.571. The summed E-state index contributed by atoms with van der Waals surface area (Å²) in [7, 11) is 0. The number of nitrogens with one attached hydrogen (secondary N) is 2. The lowest BCUT2D eigenvalue weighted by molar-refractivity contribution is -0.129. The van der Waals surface area contributed by atoms with Gasteiger partial charge in [-0.15, -0.1) is 11.8 Å². The Morgan fingerprint density at radius 3 is 2.38 bits per heavy atom. The Kier molecular flexibility index (Phi) is 7.82. The van der Waals surface area contributed by atoms with Crippen LogP contribution < -0.4 is 10.6 Å². The second-order valence-corrected chi connectivity index (χ2v) is 7.10. The number of halogens is 1. The van der Waals surface area contributed by atoms with Gasteiger partial charge >= 0.3 is 0 Å². The molecule has 0 radical (unpaired) electrons. The highest BCUT2D eigenvalue weighted by molar-refractivity contribution is 9.10. The number of carbonyl (C=O) groups excluding carboxylic acids is 2. The Bertz CT molecular complexity index is 477. The van der Waals surface area contributed by atoms with Gasteiger partial charge in [0.15, 0.2) is 0 Å². The molecular weight excluding hydrogens is 352 g/mol. The number of hydrogen-bond acceptors (Lipinski definition) is 3. The van der Waals surface area contributed by atoms with Crippen LogP contribution in [0.3, 0.4) is 0 Å². The Labute approximate surface area is 138 Å². The van der Waals surface area contributed by atoms with Gasteiger partial charge in [0, 0.05) is 28.6 Å². The first-order valence-corrected chi connectivity index (χ1v) is 8.61. The van der Waals surface area contributed by atoms with E-state index in [-0.39, 0.29) is 17.7 Å². The lowest BCUT2D eigenvalue weighted by atomic mass is 10.0. The molecule has 2 N–H and O–H groups in total. The monoisotopic (exact) mass is 372 g/mol. The van der Waals surface area contributed by atoms with Crippen molar-refractivity contribution in [3.8, 4) is 0 Å². The van der Waals surface area contributed by atoms with Crippen LogP contribution in [-0.2, 0) is 9.59 Å². The zero-order valence-electron chi connectivity index (χ0n) is 12.5. The van der Waals surface area contributed by atoms with Crippen LogP contribution in [0.2, 0.25) is 0 Å². The molecule has 1 unspecified atom stereocenters. The smallest absolute Gasteiger partial charge is 0.242 e. The van der Waals surface area contributed by atoms with E-state index in [1.54, 1.807) is 11.8 Å². The Morgan fingerprint density at radius 2 is 1.86 bits per heavy atom. The van der Waals surface area contributed by atoms with Crippen LogP contribution >= 0.6 is 27.7 Å². The summed E-state index contributed by atoms with van der Waals surface area (Å²) in [6, 6.07) is 7.58. The molecule has 6 heteroatoms. The van der Waals surface area contributed by atoms with Gasteiger partial charge in [0.25, 0.3) is 0 Å². The van der Waals surface area contributed by atoms with E-state index in [1.165, 1.54) is 6.92 Å². The second kappa shape index (κ2) is 9.10. The molecule has 1 atom stereocenters. The number of carbonyl (C=O) groups is 2. The van der Waals surface area contributed by atoms with Crippen LogP contribution in [-0.4, -0.2) is 30.2 Å². The molecule has 0 aliphatic rings. The van der Waals surface area contributed by atoms with E-state index < -0.39 is 6.04 Å². The van der Waals surface area contributed by atoms with Crippen LogP contribution in [0.15, 0.2) is 33.6 Å². The molecule has 0 aromatic heterocycles. The third kappa shape index (κ3) is 7.00. The first kappa shape index (κ1) is 18.0. The molecule has 21 heavy (non-hydrogen) atoms. The Balaban J connectivity index is 2.34. The molecule has 0 aliphatic heterocycles. The van der Waals surface area contributed by atoms with Gasteiger partial charge < -0.3 is 10.6 Å². The van der Waals surface area contributed by atoms with Crippen LogP contribution in [0.5, 0.6) is 0 Å². The summed E-state index contributed by atoms with van der Waals surface area (Å²) in [6.45, 7) is 5.82. The van der Waals surface area contributed by atoms with E-state index in [2.05, 4.69) is 26.6 Å². The maximum absolute atomic E-state index is 12.0. The number of benzene rings is 1. The summed E-state index contributed by atoms with van der Waals surface area (Å²) in [5.74, 6) is 0.538. The molecule has 0 aliphatic carbocycles. The van der Waals surface area contributed by atoms with E-state index in [9.17, 15) is 9.59 Å². The summed E-state index contributed by atoms with van der Waals surface area (Å²) in [4.78, 5) is 24.3. The molecule has 2 amide bonds. The molecule has 0 heterocycles. The summed E-state index contributed by atoms with van der Waals surface area (Å²) >= 11 is 5.08. The van der Waals surface area contributed by atoms with Crippen molar-refractivity contribution in [1.29, 1.82) is 0 Å². The number of amides is 2. The predicted octanol–water partition coefficient (Wildman–Crippen LogP) is 2.82. The maximum atomic E-state index is 12.0. The van der Waals surface area contributed by atoms with Crippen molar-refractivity contribution in [3.05, 3.63) is 28.7 Å². The molecule has 1 rings (SSSR count). The van der Waals surface area contributed by atoms with Gasteiger partial charge in [0.1, 0.15) is 6.04 Å². The SMILES string of the molecule is CC(=O)NC(C(=O)NCCSc1ccc(Br)cc1)C(C)C. The molecule has 0 bridgehead atoms. The van der Waals surface area contributed by atoms with Crippen molar-refractivity contribution in [1.82, 2.24) is 10.6 Å². The van der Waals surface area contributed by atoms with Crippen molar-refractivity contribution in [2.24, 2.45) is 5.92 Å². The van der Waals surface area contributed by atoms with Gasteiger partial charge in [-0.05, 0) is 30.2 Å². The maximum Gasteiger partial charge on any atom is 0.242 e. The lowest BCUT2D eigenvalue weighted by Gasteiger charge is -2.20. The van der Waals surface area contributed by atoms with Gasteiger partial charge in [-0.1, -0.05) is 29.8 Å². The lowest BCUT2D eigenvalue weighted by Crippen LogP contribution is -2.49. The summed E-state index contributed by atoms with van der Waals surface area (Å²) in [5.41, 5.74) is 0. The highest BCUT2D eigenvalue weighted by atomic mass is 79.9. The summed E-state index contributed by atoms with van der Waals surface area (Å²) in [5, 5.41) is 5.55. The third-order valence-electron chi connectivity index (χ3n) is 2.79. The molecule has 1 aromatic rings. The predicted molar refractivity (Wildman–Crippen MR) is 90.3 cm³/mol. The van der Waals surface area contributed by atoms with E-state index >= 15 is 0 Å². The van der Waals surface area contributed by atoms with Gasteiger partial charge in [0.05, 0.1) is 0 Å². The molecule has 1 aromatic carbocycles. The van der Waals surface area contributed by atoms with Crippen LogP contribution in [0.25, 0.3) is 0 Å². The van der Waals surface area contributed by atoms with Crippen LogP contribution in [0, 0.1) is 5.92 Å². The normalized spacial score (nSPS) is 12.0. The standard InChI is InChI=1S/C15H21BrN2O2S/c1-10(2)14(18-11(3)19)15(20)17-8-9-21-13-6-4-12(16)5-7-13/h4-7,10,14H,8-9H2,1-3H3,(H,17,20)(H,18,19). The minimum absolute atomic E-state index is 0.0630. The van der Waals surface area contributed by atoms with Crippen LogP contribution in [0.1, 0.15) is 20.8 Å². The molecule has 0 spiro atoms. The molecule has 0 saturated heterocycles. The van der Waals surface area contributed by atoms with Gasteiger partial charge in [0.2, 0.25) is 11.8 Å². The van der Waals surface area contributed by atoms with E-state index in [0.29, 0.717) is 6.54 Å². The minimum Gasteiger partial charge on any atom is -0.353 e. The van der Waals surface area contributed by atoms with Crippen molar-refractivity contribution < 1.29 is 9.59 Å². The van der Waals surface area contributed by atoms with Gasteiger partial charge in [-0.2, -0.15) is 0 Å². The molecular formula is C15H21BrN2O2S. The second-order valence-electron chi connectivity index (χ2n) is 5.02. The van der Waals surface area contributed by atoms with E-state index in [4.69, 9.17) is 0 Å². The first-order valence-electron chi connectivity index (χ1n) is 6.83. The average Bonchev–Trinajstić information content (AvgIpc) is 2.42. The Hall–Kier alpha value is -1.01. The van der Waals surface area contributed by atoms with E-state index in [1.807, 2.05) is 38.1 Å². The number of hydrogen-bond donors (Lipinski definition) is 2. The minimum atomic E-state index is -0.472. The third-order valence-corrected chi connectivity index (χ3v) is 4.33. The van der Waals surface area contributed by atoms with Crippen molar-refractivity contribution in [2.45, 2.75) is 31.7 Å². The topological polar surface area (TPSA) is 58.2 Å². The molecule has 0 saturated carbocycles. The zero-order valence-corrected chi connectivity index (χ0v) is 14.9. The Morgan fingerprint density at radius 1 is 1.24 bits per heavy atom. The van der Waals surface area contributed by atoms with Crippen molar-refractivity contribution in [2.75, 3.05) is 12.3 Å². The fraction of sp³-hybridized carbons (Fsp3) is 0.467. The number of thioether (sulfide) groups is 1. The molecule has 4 nitrogen and oxygen atoms in total. The molecule has 0 fully saturated rings.